The average molecular weight is 276 g/mol. The Kier molecular flexibility index (Phi) is 2.99. The molecule has 0 unspecified atom stereocenters. The molecule has 0 aliphatic heterocycles. The van der Waals surface area contributed by atoms with Gasteiger partial charge in [-0.25, -0.2) is 9.97 Å². The van der Waals surface area contributed by atoms with Crippen LogP contribution >= 0.6 is 0 Å². The highest BCUT2D eigenvalue weighted by Gasteiger charge is 2.25. The number of fused-ring (bicyclic) bond motifs is 1. The molecule has 4 heteroatoms. The van der Waals surface area contributed by atoms with Gasteiger partial charge in [-0.3, -0.25) is 4.98 Å². The summed E-state index contributed by atoms with van der Waals surface area (Å²) in [6.07, 6.45) is 9.94. The first-order chi connectivity index (χ1) is 10.4. The normalized spacial score (nSPS) is 14.3. The molecule has 3 aromatic rings. The summed E-state index contributed by atoms with van der Waals surface area (Å²) in [4.78, 5) is 13.0. The molecule has 21 heavy (non-hydrogen) atoms. The van der Waals surface area contributed by atoms with Gasteiger partial charge in [0.2, 0.25) is 0 Å². The molecular formula is C17H16N4. The van der Waals surface area contributed by atoms with Gasteiger partial charge in [-0.05, 0) is 35.9 Å². The molecule has 0 radical (unpaired) electrons. The van der Waals surface area contributed by atoms with Gasteiger partial charge in [0.25, 0.3) is 0 Å². The maximum Gasteiger partial charge on any atom is 0.131 e. The standard InChI is InChI=1S/C17H16N4/c1-2-15-9-18-6-5-14(15)7-12(1)8-19-16-10-20-17(21-11-16)13-3-4-13/h1-2,5-7,9-11,13,19H,3-4,8H2. The lowest BCUT2D eigenvalue weighted by molar-refractivity contribution is 0.924. The molecule has 4 nitrogen and oxygen atoms in total. The first-order valence-electron chi connectivity index (χ1n) is 7.27. The minimum atomic E-state index is 0.605. The van der Waals surface area contributed by atoms with E-state index in [4.69, 9.17) is 0 Å². The number of pyridine rings is 1. The van der Waals surface area contributed by atoms with Gasteiger partial charge >= 0.3 is 0 Å². The minimum absolute atomic E-state index is 0.605. The van der Waals surface area contributed by atoms with E-state index in [1.165, 1.54) is 29.2 Å². The summed E-state index contributed by atoms with van der Waals surface area (Å²) in [5.41, 5.74) is 2.20. The average Bonchev–Trinajstić information content (AvgIpc) is 3.38. The van der Waals surface area contributed by atoms with Crippen LogP contribution in [0.25, 0.3) is 10.8 Å². The topological polar surface area (TPSA) is 50.7 Å². The third-order valence-electron chi connectivity index (χ3n) is 3.82. The monoisotopic (exact) mass is 276 g/mol. The maximum absolute atomic E-state index is 4.42. The van der Waals surface area contributed by atoms with Gasteiger partial charge in [-0.1, -0.05) is 12.1 Å². The molecule has 0 amide bonds. The fraction of sp³-hybridized carbons (Fsp3) is 0.235. The Balaban J connectivity index is 1.46. The lowest BCUT2D eigenvalue weighted by Crippen LogP contribution is -2.01. The van der Waals surface area contributed by atoms with Gasteiger partial charge in [0.15, 0.2) is 0 Å². The smallest absolute Gasteiger partial charge is 0.131 e. The van der Waals surface area contributed by atoms with Crippen molar-refractivity contribution in [3.05, 3.63) is 60.4 Å². The van der Waals surface area contributed by atoms with Gasteiger partial charge in [0.1, 0.15) is 5.82 Å². The molecule has 2 heterocycles. The van der Waals surface area contributed by atoms with Gasteiger partial charge < -0.3 is 5.32 Å². The Morgan fingerprint density at radius 1 is 1.00 bits per heavy atom. The molecule has 0 saturated heterocycles. The van der Waals surface area contributed by atoms with Crippen LogP contribution in [0.2, 0.25) is 0 Å². The molecule has 2 aromatic heterocycles. The van der Waals surface area contributed by atoms with Crippen molar-refractivity contribution in [2.45, 2.75) is 25.3 Å². The number of nitrogens with zero attached hydrogens (tertiary/aromatic N) is 3. The summed E-state index contributed by atoms with van der Waals surface area (Å²) in [6.45, 7) is 0.768. The number of hydrogen-bond acceptors (Lipinski definition) is 4. The third-order valence-corrected chi connectivity index (χ3v) is 3.82. The molecule has 0 bridgehead atoms. The molecule has 0 spiro atoms. The number of anilines is 1. The van der Waals surface area contributed by atoms with Gasteiger partial charge in [0.05, 0.1) is 18.1 Å². The van der Waals surface area contributed by atoms with E-state index < -0.39 is 0 Å². The van der Waals surface area contributed by atoms with Crippen molar-refractivity contribution >= 4 is 16.5 Å². The van der Waals surface area contributed by atoms with Crippen molar-refractivity contribution in [1.82, 2.24) is 15.0 Å². The highest BCUT2D eigenvalue weighted by atomic mass is 15.0. The lowest BCUT2D eigenvalue weighted by atomic mass is 10.1. The number of hydrogen-bond donors (Lipinski definition) is 1. The van der Waals surface area contributed by atoms with Crippen LogP contribution in [0, 0.1) is 0 Å². The molecular weight excluding hydrogens is 260 g/mol. The fourth-order valence-corrected chi connectivity index (χ4v) is 2.43. The van der Waals surface area contributed by atoms with E-state index in [1.807, 2.05) is 30.9 Å². The van der Waals surface area contributed by atoms with E-state index in [-0.39, 0.29) is 0 Å². The summed E-state index contributed by atoms with van der Waals surface area (Å²) in [5.74, 6) is 1.59. The fourth-order valence-electron chi connectivity index (χ4n) is 2.43. The van der Waals surface area contributed by atoms with Crippen LogP contribution in [0.1, 0.15) is 30.1 Å². The van der Waals surface area contributed by atoms with Crippen molar-refractivity contribution in [3.63, 3.8) is 0 Å². The first-order valence-corrected chi connectivity index (χ1v) is 7.27. The van der Waals surface area contributed by atoms with Crippen molar-refractivity contribution in [1.29, 1.82) is 0 Å². The Labute approximate surface area is 123 Å². The Bertz CT molecular complexity index is 763. The summed E-state index contributed by atoms with van der Waals surface area (Å²) < 4.78 is 0. The van der Waals surface area contributed by atoms with Crippen LogP contribution in [0.3, 0.4) is 0 Å². The SMILES string of the molecule is c1cc2cc(CNc3cnc(C4CC4)nc3)ccc2cn1. The summed E-state index contributed by atoms with van der Waals surface area (Å²) >= 11 is 0. The van der Waals surface area contributed by atoms with E-state index in [9.17, 15) is 0 Å². The van der Waals surface area contributed by atoms with Crippen LogP contribution in [0.5, 0.6) is 0 Å². The number of aromatic nitrogens is 3. The highest BCUT2D eigenvalue weighted by Crippen LogP contribution is 2.37. The summed E-state index contributed by atoms with van der Waals surface area (Å²) in [5, 5.41) is 5.75. The van der Waals surface area contributed by atoms with Crippen molar-refractivity contribution in [3.8, 4) is 0 Å². The zero-order chi connectivity index (χ0) is 14.1. The van der Waals surface area contributed by atoms with Crippen LogP contribution in [-0.2, 0) is 6.54 Å². The van der Waals surface area contributed by atoms with E-state index in [0.29, 0.717) is 5.92 Å². The zero-order valence-corrected chi connectivity index (χ0v) is 11.7. The molecule has 1 fully saturated rings. The van der Waals surface area contributed by atoms with Crippen molar-refractivity contribution < 1.29 is 0 Å². The first kappa shape index (κ1) is 12.3. The number of rotatable bonds is 4. The van der Waals surface area contributed by atoms with Crippen LogP contribution in [0.4, 0.5) is 5.69 Å². The largest absolute Gasteiger partial charge is 0.378 e. The second-order valence-electron chi connectivity index (χ2n) is 5.51. The molecule has 1 N–H and O–H groups in total. The minimum Gasteiger partial charge on any atom is -0.378 e. The highest BCUT2D eigenvalue weighted by molar-refractivity contribution is 5.82. The molecule has 4 rings (SSSR count). The van der Waals surface area contributed by atoms with Gasteiger partial charge in [0, 0.05) is 30.2 Å². The van der Waals surface area contributed by atoms with Gasteiger partial charge in [-0.15, -0.1) is 0 Å². The Morgan fingerprint density at radius 3 is 2.67 bits per heavy atom. The predicted molar refractivity (Wildman–Crippen MR) is 83.1 cm³/mol. The quantitative estimate of drug-likeness (QED) is 0.792. The third kappa shape index (κ3) is 2.70. The van der Waals surface area contributed by atoms with Gasteiger partial charge in [-0.2, -0.15) is 0 Å². The van der Waals surface area contributed by atoms with E-state index in [0.717, 1.165) is 18.1 Å². The number of benzene rings is 1. The molecule has 1 aliphatic carbocycles. The van der Waals surface area contributed by atoms with Crippen molar-refractivity contribution in [2.24, 2.45) is 0 Å². The molecule has 1 saturated carbocycles. The Morgan fingerprint density at radius 2 is 1.86 bits per heavy atom. The number of nitrogens with one attached hydrogen (secondary N) is 1. The second kappa shape index (κ2) is 5.13. The molecule has 0 atom stereocenters. The van der Waals surface area contributed by atoms with Crippen LogP contribution < -0.4 is 5.32 Å². The zero-order valence-electron chi connectivity index (χ0n) is 11.7. The lowest BCUT2D eigenvalue weighted by Gasteiger charge is -2.07. The van der Waals surface area contributed by atoms with E-state index >= 15 is 0 Å². The maximum atomic E-state index is 4.42. The Hall–Kier alpha value is -2.49. The summed E-state index contributed by atoms with van der Waals surface area (Å²) in [7, 11) is 0. The second-order valence-corrected chi connectivity index (χ2v) is 5.51. The van der Waals surface area contributed by atoms with Crippen LogP contribution in [-0.4, -0.2) is 15.0 Å². The molecule has 1 aromatic carbocycles. The van der Waals surface area contributed by atoms with E-state index in [2.05, 4.69) is 38.5 Å². The molecule has 104 valence electrons. The molecule has 1 aliphatic rings. The predicted octanol–water partition coefficient (Wildman–Crippen LogP) is 3.51. The van der Waals surface area contributed by atoms with E-state index in [1.54, 1.807) is 0 Å². The van der Waals surface area contributed by atoms with Crippen LogP contribution in [0.15, 0.2) is 49.1 Å². The van der Waals surface area contributed by atoms with Crippen molar-refractivity contribution in [2.75, 3.05) is 5.32 Å². The summed E-state index contributed by atoms with van der Waals surface area (Å²) in [6, 6.07) is 8.44.